The van der Waals surface area contributed by atoms with E-state index in [1.54, 1.807) is 0 Å². The second kappa shape index (κ2) is 11.4. The monoisotopic (exact) mass is 728 g/mol. The summed E-state index contributed by atoms with van der Waals surface area (Å²) in [5.41, 5.74) is -2.20. The molecular weight excluding hydrogens is 723 g/mol. The summed E-state index contributed by atoms with van der Waals surface area (Å²) in [4.78, 5) is 11.4. The summed E-state index contributed by atoms with van der Waals surface area (Å²) in [6.07, 6.45) is -33.1. The van der Waals surface area contributed by atoms with Crippen molar-refractivity contribution in [2.75, 3.05) is 0 Å². The molecule has 232 valence electrons. The lowest BCUT2D eigenvalue weighted by Crippen LogP contribution is -2.67. The van der Waals surface area contributed by atoms with Gasteiger partial charge in [-0.05, 0) is 44.7 Å². The molecule has 0 bridgehead atoms. The molecule has 2 atom stereocenters. The number of carbonyl (C=O) groups excluding carboxylic acids is 1. The highest BCUT2D eigenvalue weighted by atomic mass is 79.9. The van der Waals surface area contributed by atoms with Gasteiger partial charge in [-0.15, -0.1) is 0 Å². The van der Waals surface area contributed by atoms with Crippen LogP contribution in [0.4, 0.5) is 70.2 Å². The van der Waals surface area contributed by atoms with Gasteiger partial charge in [-0.1, -0.05) is 12.1 Å². The Bertz CT molecular complexity index is 1080. The van der Waals surface area contributed by atoms with Crippen LogP contribution >= 0.6 is 39.4 Å². The van der Waals surface area contributed by atoms with Gasteiger partial charge in [0, 0.05) is 12.0 Å². The third kappa shape index (κ3) is 7.19. The largest absolute Gasteiger partial charge is 0.462 e. The lowest BCUT2D eigenvalue weighted by molar-refractivity contribution is -0.543. The molecule has 0 aliphatic heterocycles. The van der Waals surface area contributed by atoms with Crippen molar-refractivity contribution in [2.45, 2.75) is 60.1 Å². The molecule has 0 aliphatic rings. The van der Waals surface area contributed by atoms with Gasteiger partial charge in [0.05, 0.1) is 18.5 Å². The minimum atomic E-state index is -7.84. The van der Waals surface area contributed by atoms with E-state index in [0.717, 1.165) is 22.0 Å². The van der Waals surface area contributed by atoms with E-state index < -0.39 is 76.4 Å². The second-order valence-corrected chi connectivity index (χ2v) is 8.90. The van der Waals surface area contributed by atoms with Crippen LogP contribution in [0.2, 0.25) is 0 Å². The fourth-order valence-corrected chi connectivity index (χ4v) is 3.12. The summed E-state index contributed by atoms with van der Waals surface area (Å²) in [6.45, 7) is -0.620. The Balaban J connectivity index is 3.57. The zero-order valence-electron chi connectivity index (χ0n) is 18.0. The zero-order valence-corrected chi connectivity index (χ0v) is 21.1. The van der Waals surface area contributed by atoms with E-state index in [2.05, 4.69) is 9.03 Å². The fourth-order valence-electron chi connectivity index (χ4n) is 2.47. The zero-order chi connectivity index (χ0) is 32.0. The molecule has 2 unspecified atom stereocenters. The van der Waals surface area contributed by atoms with E-state index in [1.807, 2.05) is 0 Å². The quantitative estimate of drug-likeness (QED) is 0.123. The number of hydrogen-bond acceptors (Lipinski definition) is 4. The predicted molar refractivity (Wildman–Crippen MR) is 102 cm³/mol. The van der Waals surface area contributed by atoms with Gasteiger partial charge in [-0.25, -0.2) is 0 Å². The summed E-state index contributed by atoms with van der Waals surface area (Å²) >= 11 is 11.1. The topological polar surface area (TPSA) is 44.8 Å². The van der Waals surface area contributed by atoms with Crippen LogP contribution in [0.3, 0.4) is 0 Å². The maximum Gasteiger partial charge on any atom is 0.462 e. The molecule has 0 spiro atoms. The van der Waals surface area contributed by atoms with Crippen molar-refractivity contribution < 1.29 is 88.8 Å². The van der Waals surface area contributed by atoms with Crippen LogP contribution in [0.1, 0.15) is 21.5 Å². The van der Waals surface area contributed by atoms with Crippen molar-refractivity contribution in [1.82, 2.24) is 0 Å². The smallest absolute Gasteiger partial charge is 0.276 e. The van der Waals surface area contributed by atoms with Gasteiger partial charge in [0.2, 0.25) is 0 Å². The predicted octanol–water partition coefficient (Wildman–Crippen LogP) is 8.58. The molecule has 0 aromatic heterocycles. The number of benzene rings is 1. The summed E-state index contributed by atoms with van der Waals surface area (Å²) in [7, 11) is 0. The first kappa shape index (κ1) is 36.7. The Labute approximate surface area is 228 Å². The van der Waals surface area contributed by atoms with Crippen molar-refractivity contribution >= 4 is 44.6 Å². The van der Waals surface area contributed by atoms with Gasteiger partial charge in [0.25, 0.3) is 5.24 Å². The van der Waals surface area contributed by atoms with Crippen molar-refractivity contribution in [2.24, 2.45) is 0 Å². The van der Waals surface area contributed by atoms with E-state index in [-0.39, 0.29) is 5.56 Å². The third-order valence-electron chi connectivity index (χ3n) is 4.43. The molecule has 0 saturated carbocycles. The van der Waals surface area contributed by atoms with E-state index in [9.17, 15) is 75.0 Å². The molecular formula is C17H7BrCl2F16O4. The summed E-state index contributed by atoms with van der Waals surface area (Å²) in [5.74, 6) is -21.3. The van der Waals surface area contributed by atoms with Crippen molar-refractivity contribution in [3.05, 3.63) is 34.9 Å². The molecule has 0 aliphatic carbocycles. The van der Waals surface area contributed by atoms with E-state index >= 15 is 0 Å². The maximum absolute atomic E-state index is 14.6. The van der Waals surface area contributed by atoms with E-state index in [1.165, 1.54) is 4.74 Å². The Morgan fingerprint density at radius 1 is 0.775 bits per heavy atom. The first-order chi connectivity index (χ1) is 17.5. The van der Waals surface area contributed by atoms with Gasteiger partial charge in [0.1, 0.15) is 0 Å². The van der Waals surface area contributed by atoms with Gasteiger partial charge >= 0.3 is 47.0 Å². The Kier molecular flexibility index (Phi) is 10.5. The van der Waals surface area contributed by atoms with Crippen LogP contribution in [-0.4, -0.2) is 52.3 Å². The Hall–Kier alpha value is -1.29. The SMILES string of the molecule is O=C(Cl)c1ccc(COCl)cc1CC(F)(F)C(F)(Br)OC(F)(F)C(F)(OC(F)(F)C(F)(F)C(F)(F)F)C(F)(F)F. The van der Waals surface area contributed by atoms with Crippen molar-refractivity contribution in [3.63, 3.8) is 0 Å². The lowest BCUT2D eigenvalue weighted by atomic mass is 9.99. The van der Waals surface area contributed by atoms with Gasteiger partial charge < -0.3 is 0 Å². The maximum atomic E-state index is 14.6. The van der Waals surface area contributed by atoms with Crippen molar-refractivity contribution in [3.8, 4) is 0 Å². The van der Waals surface area contributed by atoms with E-state index in [0.29, 0.717) is 12.1 Å². The molecule has 23 heteroatoms. The second-order valence-electron chi connectivity index (χ2n) is 7.32. The average molecular weight is 730 g/mol. The normalized spacial score (nSPS) is 17.4. The van der Waals surface area contributed by atoms with Gasteiger partial charge in [-0.2, -0.15) is 70.2 Å². The van der Waals surface area contributed by atoms with Gasteiger partial charge in [0.15, 0.2) is 0 Å². The molecule has 1 aromatic rings. The molecule has 0 N–H and O–H groups in total. The summed E-state index contributed by atoms with van der Waals surface area (Å²) in [5, 5.41) is -1.56. The Morgan fingerprint density at radius 3 is 1.68 bits per heavy atom. The Morgan fingerprint density at radius 2 is 1.27 bits per heavy atom. The number of hydrogen-bond donors (Lipinski definition) is 0. The molecule has 40 heavy (non-hydrogen) atoms. The minimum absolute atomic E-state index is 0.200. The summed E-state index contributed by atoms with van der Waals surface area (Å²) in [6, 6.07) is 2.17. The molecule has 0 heterocycles. The minimum Gasteiger partial charge on any atom is -0.276 e. The lowest BCUT2D eigenvalue weighted by Gasteiger charge is -2.40. The van der Waals surface area contributed by atoms with Crippen LogP contribution in [0.25, 0.3) is 0 Å². The van der Waals surface area contributed by atoms with Crippen LogP contribution in [-0.2, 0) is 26.8 Å². The first-order valence-corrected chi connectivity index (χ1v) is 10.6. The number of rotatable bonds is 12. The first-order valence-electron chi connectivity index (χ1n) is 9.16. The molecule has 1 aromatic carbocycles. The molecule has 0 radical (unpaired) electrons. The van der Waals surface area contributed by atoms with Crippen molar-refractivity contribution in [1.29, 1.82) is 0 Å². The molecule has 0 amide bonds. The fraction of sp³-hybridized carbons (Fsp3) is 0.588. The molecule has 0 saturated heterocycles. The van der Waals surface area contributed by atoms with E-state index in [4.69, 9.17) is 23.5 Å². The van der Waals surface area contributed by atoms with Crippen LogP contribution in [0.15, 0.2) is 18.2 Å². The van der Waals surface area contributed by atoms with Gasteiger partial charge in [-0.3, -0.25) is 18.6 Å². The molecule has 4 nitrogen and oxygen atoms in total. The highest BCUT2D eigenvalue weighted by Crippen LogP contribution is 2.57. The highest BCUT2D eigenvalue weighted by molar-refractivity contribution is 9.10. The summed E-state index contributed by atoms with van der Waals surface area (Å²) < 4.78 is 216. The molecule has 1 rings (SSSR count). The van der Waals surface area contributed by atoms with Crippen LogP contribution < -0.4 is 0 Å². The third-order valence-corrected chi connectivity index (χ3v) is 5.48. The standard InChI is InChI=1S/C17H7BrCl2F16O4/c18-13(26,10(21,22)4-7-3-6(5-38-20)1-2-8(7)9(19)37)40-17(35,36)12(25,15(30,31)32)39-16(33,34)11(23,24)14(27,28)29/h1-3H,4-5H2. The highest BCUT2D eigenvalue weighted by Gasteiger charge is 2.84. The number of carbonyl (C=O) groups is 1. The number of ether oxygens (including phenoxy) is 2. The molecule has 0 fully saturated rings. The average Bonchev–Trinajstić information content (AvgIpc) is 2.70. The van der Waals surface area contributed by atoms with Crippen LogP contribution in [0.5, 0.6) is 0 Å². The van der Waals surface area contributed by atoms with Crippen LogP contribution in [0, 0.1) is 0 Å². The number of alkyl halides is 17. The number of halogens is 19.